The zero-order valence-corrected chi connectivity index (χ0v) is 10.6. The lowest BCUT2D eigenvalue weighted by atomic mass is 9.91. The van der Waals surface area contributed by atoms with E-state index in [0.717, 1.165) is 31.5 Å². The molecule has 0 saturated carbocycles. The van der Waals surface area contributed by atoms with Gasteiger partial charge in [0.25, 0.3) is 0 Å². The Morgan fingerprint density at radius 3 is 2.35 bits per heavy atom. The van der Waals surface area contributed by atoms with Crippen molar-refractivity contribution in [2.24, 2.45) is 0 Å². The molecule has 0 atom stereocenters. The molecule has 94 valence electrons. The maximum Gasteiger partial charge on any atom is 0.123 e. The molecule has 2 rings (SSSR count). The molecule has 0 unspecified atom stereocenters. The molecular formula is C14H21FN2. The standard InChI is InChI=1S/C14H21FN2/c1-14(2,11-3-5-12(15)6-4-11)17-13-7-9-16-10-8-13/h3-6,13,16-17H,7-10H2,1-2H3. The van der Waals surface area contributed by atoms with Crippen LogP contribution < -0.4 is 10.6 Å². The van der Waals surface area contributed by atoms with E-state index < -0.39 is 0 Å². The second kappa shape index (κ2) is 5.15. The highest BCUT2D eigenvalue weighted by Gasteiger charge is 2.24. The number of halogens is 1. The average molecular weight is 236 g/mol. The van der Waals surface area contributed by atoms with Gasteiger partial charge in [-0.1, -0.05) is 12.1 Å². The van der Waals surface area contributed by atoms with Crippen molar-refractivity contribution in [3.05, 3.63) is 35.6 Å². The van der Waals surface area contributed by atoms with Gasteiger partial charge < -0.3 is 10.6 Å². The van der Waals surface area contributed by atoms with E-state index in [2.05, 4.69) is 24.5 Å². The second-order valence-electron chi connectivity index (χ2n) is 5.30. The number of hydrogen-bond donors (Lipinski definition) is 2. The highest BCUT2D eigenvalue weighted by molar-refractivity contribution is 5.23. The van der Waals surface area contributed by atoms with Crippen LogP contribution >= 0.6 is 0 Å². The minimum atomic E-state index is -0.175. The zero-order valence-electron chi connectivity index (χ0n) is 10.6. The molecule has 1 heterocycles. The Labute approximate surface area is 103 Å². The molecule has 0 bridgehead atoms. The van der Waals surface area contributed by atoms with E-state index in [1.54, 1.807) is 0 Å². The first kappa shape index (κ1) is 12.5. The number of hydrogen-bond acceptors (Lipinski definition) is 2. The van der Waals surface area contributed by atoms with Gasteiger partial charge in [-0.2, -0.15) is 0 Å². The quantitative estimate of drug-likeness (QED) is 0.842. The molecule has 0 aliphatic carbocycles. The average Bonchev–Trinajstić information content (AvgIpc) is 2.30. The molecule has 0 spiro atoms. The normalized spacial score (nSPS) is 18.3. The molecule has 0 amide bonds. The predicted molar refractivity (Wildman–Crippen MR) is 68.5 cm³/mol. The van der Waals surface area contributed by atoms with Crippen molar-refractivity contribution in [2.45, 2.75) is 38.3 Å². The van der Waals surface area contributed by atoms with Crippen LogP contribution in [0.2, 0.25) is 0 Å². The van der Waals surface area contributed by atoms with E-state index in [1.165, 1.54) is 12.1 Å². The van der Waals surface area contributed by atoms with E-state index in [1.807, 2.05) is 12.1 Å². The van der Waals surface area contributed by atoms with Crippen molar-refractivity contribution in [3.8, 4) is 0 Å². The molecule has 0 radical (unpaired) electrons. The SMILES string of the molecule is CC(C)(NC1CCNCC1)c1ccc(F)cc1. The fourth-order valence-corrected chi connectivity index (χ4v) is 2.43. The van der Waals surface area contributed by atoms with E-state index >= 15 is 0 Å². The third-order valence-corrected chi connectivity index (χ3v) is 3.47. The largest absolute Gasteiger partial charge is 0.317 e. The van der Waals surface area contributed by atoms with Crippen LogP contribution in [0, 0.1) is 5.82 Å². The van der Waals surface area contributed by atoms with Gasteiger partial charge in [0.15, 0.2) is 0 Å². The lowest BCUT2D eigenvalue weighted by Gasteiger charge is -2.34. The van der Waals surface area contributed by atoms with Gasteiger partial charge >= 0.3 is 0 Å². The number of piperidine rings is 1. The summed E-state index contributed by atoms with van der Waals surface area (Å²) in [6, 6.07) is 7.34. The van der Waals surface area contributed by atoms with Crippen molar-refractivity contribution in [2.75, 3.05) is 13.1 Å². The number of nitrogens with one attached hydrogen (secondary N) is 2. The van der Waals surface area contributed by atoms with Gasteiger partial charge in [-0.3, -0.25) is 0 Å². The maximum absolute atomic E-state index is 12.9. The van der Waals surface area contributed by atoms with Crippen molar-refractivity contribution in [1.29, 1.82) is 0 Å². The van der Waals surface area contributed by atoms with Gasteiger partial charge in [-0.15, -0.1) is 0 Å². The van der Waals surface area contributed by atoms with Crippen LogP contribution in [0.25, 0.3) is 0 Å². The molecule has 1 aliphatic rings. The molecule has 3 heteroatoms. The molecule has 17 heavy (non-hydrogen) atoms. The topological polar surface area (TPSA) is 24.1 Å². The van der Waals surface area contributed by atoms with Crippen LogP contribution in [0.15, 0.2) is 24.3 Å². The minimum absolute atomic E-state index is 0.101. The first-order chi connectivity index (χ1) is 8.08. The number of benzene rings is 1. The van der Waals surface area contributed by atoms with Gasteiger partial charge in [0, 0.05) is 11.6 Å². The fraction of sp³-hybridized carbons (Fsp3) is 0.571. The molecule has 0 aromatic heterocycles. The minimum Gasteiger partial charge on any atom is -0.317 e. The molecule has 1 aromatic carbocycles. The maximum atomic E-state index is 12.9. The van der Waals surface area contributed by atoms with Gasteiger partial charge in [0.2, 0.25) is 0 Å². The van der Waals surface area contributed by atoms with Gasteiger partial charge in [-0.25, -0.2) is 4.39 Å². The molecule has 2 N–H and O–H groups in total. The van der Waals surface area contributed by atoms with Crippen LogP contribution in [-0.2, 0) is 5.54 Å². The third-order valence-electron chi connectivity index (χ3n) is 3.47. The Kier molecular flexibility index (Phi) is 3.79. The van der Waals surface area contributed by atoms with Gasteiger partial charge in [0.05, 0.1) is 0 Å². The lowest BCUT2D eigenvalue weighted by molar-refractivity contribution is 0.291. The van der Waals surface area contributed by atoms with E-state index in [9.17, 15) is 4.39 Å². The van der Waals surface area contributed by atoms with E-state index in [0.29, 0.717) is 6.04 Å². The van der Waals surface area contributed by atoms with Crippen LogP contribution in [0.5, 0.6) is 0 Å². The first-order valence-electron chi connectivity index (χ1n) is 6.32. The zero-order chi connectivity index (χ0) is 12.3. The van der Waals surface area contributed by atoms with Crippen molar-refractivity contribution < 1.29 is 4.39 Å². The summed E-state index contributed by atoms with van der Waals surface area (Å²) in [5.74, 6) is -0.175. The summed E-state index contributed by atoms with van der Waals surface area (Å²) in [5, 5.41) is 7.03. The molecule has 1 aromatic rings. The van der Waals surface area contributed by atoms with Crippen molar-refractivity contribution in [3.63, 3.8) is 0 Å². The summed E-state index contributed by atoms with van der Waals surface area (Å²) in [6.45, 7) is 6.47. The lowest BCUT2D eigenvalue weighted by Crippen LogP contribution is -2.48. The van der Waals surface area contributed by atoms with Crippen LogP contribution in [0.4, 0.5) is 4.39 Å². The summed E-state index contributed by atoms with van der Waals surface area (Å²) < 4.78 is 12.9. The molecule has 1 saturated heterocycles. The predicted octanol–water partition coefficient (Wildman–Crippen LogP) is 2.40. The van der Waals surface area contributed by atoms with Crippen LogP contribution in [0.3, 0.4) is 0 Å². The Bertz CT molecular complexity index is 353. The summed E-state index contributed by atoms with van der Waals surface area (Å²) in [6.07, 6.45) is 2.31. The van der Waals surface area contributed by atoms with Crippen LogP contribution in [-0.4, -0.2) is 19.1 Å². The molecule has 1 fully saturated rings. The summed E-state index contributed by atoms with van der Waals surface area (Å²) >= 11 is 0. The fourth-order valence-electron chi connectivity index (χ4n) is 2.43. The van der Waals surface area contributed by atoms with E-state index in [-0.39, 0.29) is 11.4 Å². The Morgan fingerprint density at radius 2 is 1.76 bits per heavy atom. The summed E-state index contributed by atoms with van der Waals surface area (Å²) in [4.78, 5) is 0. The Hall–Kier alpha value is -0.930. The summed E-state index contributed by atoms with van der Waals surface area (Å²) in [7, 11) is 0. The highest BCUT2D eigenvalue weighted by atomic mass is 19.1. The van der Waals surface area contributed by atoms with Crippen molar-refractivity contribution in [1.82, 2.24) is 10.6 Å². The Balaban J connectivity index is 2.04. The number of rotatable bonds is 3. The Morgan fingerprint density at radius 1 is 1.18 bits per heavy atom. The highest BCUT2D eigenvalue weighted by Crippen LogP contribution is 2.22. The molecular weight excluding hydrogens is 215 g/mol. The van der Waals surface area contributed by atoms with Crippen LogP contribution in [0.1, 0.15) is 32.3 Å². The van der Waals surface area contributed by atoms with Crippen molar-refractivity contribution >= 4 is 0 Å². The monoisotopic (exact) mass is 236 g/mol. The molecule has 1 aliphatic heterocycles. The molecule has 2 nitrogen and oxygen atoms in total. The summed E-state index contributed by atoms with van der Waals surface area (Å²) in [5.41, 5.74) is 1.04. The first-order valence-corrected chi connectivity index (χ1v) is 6.32. The van der Waals surface area contributed by atoms with Gasteiger partial charge in [-0.05, 0) is 57.5 Å². The van der Waals surface area contributed by atoms with E-state index in [4.69, 9.17) is 0 Å². The third kappa shape index (κ3) is 3.27. The van der Waals surface area contributed by atoms with Gasteiger partial charge in [0.1, 0.15) is 5.82 Å². The smallest absolute Gasteiger partial charge is 0.123 e. The second-order valence-corrected chi connectivity index (χ2v) is 5.30.